The molecule has 1 heterocycles. The molecule has 2 aromatic rings. The van der Waals surface area contributed by atoms with Crippen molar-refractivity contribution in [3.63, 3.8) is 0 Å². The average Bonchev–Trinajstić information content (AvgIpc) is 2.79. The van der Waals surface area contributed by atoms with Crippen LogP contribution in [0.3, 0.4) is 0 Å². The minimum absolute atomic E-state index is 0.0639. The molecule has 100 valence electrons. The second kappa shape index (κ2) is 5.22. The lowest BCUT2D eigenvalue weighted by Crippen LogP contribution is -2.26. The first-order valence-electron chi connectivity index (χ1n) is 5.79. The highest BCUT2D eigenvalue weighted by Gasteiger charge is 2.15. The Morgan fingerprint density at radius 2 is 1.95 bits per heavy atom. The number of hydrogen-bond donors (Lipinski definition) is 1. The maximum Gasteiger partial charge on any atom is 0.251 e. The molecule has 0 aliphatic heterocycles. The molecule has 1 aromatic heterocycles. The Balaban J connectivity index is 2.10. The number of benzene rings is 1. The van der Waals surface area contributed by atoms with Crippen LogP contribution in [-0.2, 0) is 0 Å². The van der Waals surface area contributed by atoms with Gasteiger partial charge in [-0.3, -0.25) is 4.79 Å². The molecule has 2 rings (SSSR count). The lowest BCUT2D eigenvalue weighted by molar-refractivity contribution is 0.0934. The van der Waals surface area contributed by atoms with E-state index in [0.717, 1.165) is 17.9 Å². The molecule has 1 atom stereocenters. The standard InChI is InChI=1S/C14H13F2NO2/c1-8-3-6-13(19-8)9(2)17-14(18)10-4-5-11(15)12(16)7-10/h3-7,9H,1-2H3,(H,17,18). The van der Waals surface area contributed by atoms with Crippen LogP contribution in [0.15, 0.2) is 34.7 Å². The van der Waals surface area contributed by atoms with Crippen LogP contribution in [0, 0.1) is 18.6 Å². The largest absolute Gasteiger partial charge is 0.464 e. The van der Waals surface area contributed by atoms with E-state index in [4.69, 9.17) is 4.42 Å². The molecule has 0 fully saturated rings. The Morgan fingerprint density at radius 1 is 1.21 bits per heavy atom. The van der Waals surface area contributed by atoms with Gasteiger partial charge in [-0.05, 0) is 44.2 Å². The molecule has 0 radical (unpaired) electrons. The number of hydrogen-bond acceptors (Lipinski definition) is 2. The molecule has 1 unspecified atom stereocenters. The van der Waals surface area contributed by atoms with Crippen LogP contribution in [0.5, 0.6) is 0 Å². The topological polar surface area (TPSA) is 42.2 Å². The van der Waals surface area contributed by atoms with Crippen LogP contribution >= 0.6 is 0 Å². The summed E-state index contributed by atoms with van der Waals surface area (Å²) in [5, 5.41) is 2.65. The van der Waals surface area contributed by atoms with Crippen molar-refractivity contribution in [1.82, 2.24) is 5.32 Å². The highest BCUT2D eigenvalue weighted by Crippen LogP contribution is 2.16. The number of nitrogens with one attached hydrogen (secondary N) is 1. The van der Waals surface area contributed by atoms with Gasteiger partial charge in [0.2, 0.25) is 0 Å². The van der Waals surface area contributed by atoms with E-state index in [1.54, 1.807) is 26.0 Å². The fraction of sp³-hybridized carbons (Fsp3) is 0.214. The molecular formula is C14H13F2NO2. The molecule has 0 saturated carbocycles. The summed E-state index contributed by atoms with van der Waals surface area (Å²) in [6.07, 6.45) is 0. The molecule has 3 nitrogen and oxygen atoms in total. The van der Waals surface area contributed by atoms with Crippen molar-refractivity contribution in [2.45, 2.75) is 19.9 Å². The van der Waals surface area contributed by atoms with Crippen LogP contribution in [0.25, 0.3) is 0 Å². The fourth-order valence-corrected chi connectivity index (χ4v) is 1.67. The monoisotopic (exact) mass is 265 g/mol. The normalized spacial score (nSPS) is 12.2. The molecule has 0 saturated heterocycles. The van der Waals surface area contributed by atoms with Crippen molar-refractivity contribution in [1.29, 1.82) is 0 Å². The second-order valence-electron chi connectivity index (χ2n) is 4.27. The first kappa shape index (κ1) is 13.3. The van der Waals surface area contributed by atoms with Gasteiger partial charge in [-0.25, -0.2) is 8.78 Å². The van der Waals surface area contributed by atoms with Gasteiger partial charge in [0, 0.05) is 5.56 Å². The van der Waals surface area contributed by atoms with Gasteiger partial charge in [0.1, 0.15) is 11.5 Å². The fourth-order valence-electron chi connectivity index (χ4n) is 1.67. The molecule has 19 heavy (non-hydrogen) atoms. The molecular weight excluding hydrogens is 252 g/mol. The molecule has 5 heteroatoms. The van der Waals surface area contributed by atoms with Crippen molar-refractivity contribution in [2.24, 2.45) is 0 Å². The predicted octanol–water partition coefficient (Wildman–Crippen LogP) is 3.36. The summed E-state index contributed by atoms with van der Waals surface area (Å²) in [6, 6.07) is 6.21. The van der Waals surface area contributed by atoms with E-state index in [1.807, 2.05) is 0 Å². The van der Waals surface area contributed by atoms with Crippen molar-refractivity contribution in [2.75, 3.05) is 0 Å². The van der Waals surface area contributed by atoms with E-state index in [-0.39, 0.29) is 11.6 Å². The van der Waals surface area contributed by atoms with Crippen molar-refractivity contribution in [3.8, 4) is 0 Å². The Kier molecular flexibility index (Phi) is 3.64. The molecule has 1 aromatic carbocycles. The van der Waals surface area contributed by atoms with Gasteiger partial charge >= 0.3 is 0 Å². The van der Waals surface area contributed by atoms with Crippen molar-refractivity contribution < 1.29 is 18.0 Å². The minimum Gasteiger partial charge on any atom is -0.464 e. The van der Waals surface area contributed by atoms with E-state index in [9.17, 15) is 13.6 Å². The summed E-state index contributed by atoms with van der Waals surface area (Å²) in [4.78, 5) is 11.9. The van der Waals surface area contributed by atoms with Gasteiger partial charge in [0.05, 0.1) is 6.04 Å². The summed E-state index contributed by atoms with van der Waals surface area (Å²) in [6.45, 7) is 3.55. The smallest absolute Gasteiger partial charge is 0.251 e. The third kappa shape index (κ3) is 2.99. The summed E-state index contributed by atoms with van der Waals surface area (Å²) < 4.78 is 31.2. The maximum atomic E-state index is 13.0. The van der Waals surface area contributed by atoms with Gasteiger partial charge in [-0.15, -0.1) is 0 Å². The van der Waals surface area contributed by atoms with Crippen LogP contribution in [0.1, 0.15) is 34.8 Å². The Bertz CT molecular complexity index is 607. The molecule has 1 N–H and O–H groups in total. The minimum atomic E-state index is -1.05. The molecule has 0 spiro atoms. The number of amides is 1. The van der Waals surface area contributed by atoms with Crippen LogP contribution in [0.4, 0.5) is 8.78 Å². The zero-order chi connectivity index (χ0) is 14.0. The Labute approximate surface area is 109 Å². The van der Waals surface area contributed by atoms with Gasteiger partial charge in [0.25, 0.3) is 5.91 Å². The third-order valence-electron chi connectivity index (χ3n) is 2.72. The molecule has 1 amide bonds. The van der Waals surface area contributed by atoms with Crippen molar-refractivity contribution in [3.05, 3.63) is 59.1 Å². The van der Waals surface area contributed by atoms with Crippen molar-refractivity contribution >= 4 is 5.91 Å². The quantitative estimate of drug-likeness (QED) is 0.924. The molecule has 0 aliphatic rings. The number of aryl methyl sites for hydroxylation is 1. The summed E-state index contributed by atoms with van der Waals surface area (Å²) in [7, 11) is 0. The number of rotatable bonds is 3. The molecule has 0 bridgehead atoms. The summed E-state index contributed by atoms with van der Waals surface area (Å²) in [5.41, 5.74) is 0.0639. The maximum absolute atomic E-state index is 13.0. The van der Waals surface area contributed by atoms with E-state index >= 15 is 0 Å². The predicted molar refractivity (Wildman–Crippen MR) is 65.7 cm³/mol. The average molecular weight is 265 g/mol. The zero-order valence-electron chi connectivity index (χ0n) is 10.5. The lowest BCUT2D eigenvalue weighted by atomic mass is 10.1. The van der Waals surface area contributed by atoms with Crippen LogP contribution < -0.4 is 5.32 Å². The van der Waals surface area contributed by atoms with Gasteiger partial charge < -0.3 is 9.73 Å². The first-order valence-corrected chi connectivity index (χ1v) is 5.79. The first-order chi connectivity index (χ1) is 8.97. The van der Waals surface area contributed by atoms with E-state index in [0.29, 0.717) is 5.76 Å². The van der Waals surface area contributed by atoms with E-state index in [1.165, 1.54) is 6.07 Å². The summed E-state index contributed by atoms with van der Waals surface area (Å²) in [5.74, 6) is -1.17. The number of carbonyl (C=O) groups is 1. The molecule has 0 aliphatic carbocycles. The second-order valence-corrected chi connectivity index (χ2v) is 4.27. The van der Waals surface area contributed by atoms with Gasteiger partial charge in [-0.2, -0.15) is 0 Å². The van der Waals surface area contributed by atoms with Crippen LogP contribution in [0.2, 0.25) is 0 Å². The number of furan rings is 1. The lowest BCUT2D eigenvalue weighted by Gasteiger charge is -2.11. The number of carbonyl (C=O) groups excluding carboxylic acids is 1. The Hall–Kier alpha value is -2.17. The van der Waals surface area contributed by atoms with Gasteiger partial charge in [0.15, 0.2) is 11.6 Å². The highest BCUT2D eigenvalue weighted by molar-refractivity contribution is 5.94. The SMILES string of the molecule is Cc1ccc(C(C)NC(=O)c2ccc(F)c(F)c2)o1. The third-order valence-corrected chi connectivity index (χ3v) is 2.72. The number of halogens is 2. The highest BCUT2D eigenvalue weighted by atomic mass is 19.2. The summed E-state index contributed by atoms with van der Waals surface area (Å²) >= 11 is 0. The zero-order valence-corrected chi connectivity index (χ0v) is 10.5. The van der Waals surface area contributed by atoms with Crippen LogP contribution in [-0.4, -0.2) is 5.91 Å². The van der Waals surface area contributed by atoms with Gasteiger partial charge in [-0.1, -0.05) is 0 Å². The van der Waals surface area contributed by atoms with E-state index < -0.39 is 17.5 Å². The Morgan fingerprint density at radius 3 is 2.53 bits per heavy atom. The van der Waals surface area contributed by atoms with E-state index in [2.05, 4.69) is 5.32 Å².